The van der Waals surface area contributed by atoms with Crippen LogP contribution < -0.4 is 14.9 Å². The van der Waals surface area contributed by atoms with Gasteiger partial charge in [-0.3, -0.25) is 15.2 Å². The second-order valence-corrected chi connectivity index (χ2v) is 9.77. The molecule has 0 amide bonds. The highest BCUT2D eigenvalue weighted by Gasteiger charge is 2.38. The van der Waals surface area contributed by atoms with Crippen LogP contribution >= 0.6 is 11.8 Å². The first-order chi connectivity index (χ1) is 18.1. The van der Waals surface area contributed by atoms with Gasteiger partial charge in [0.25, 0.3) is 0 Å². The van der Waals surface area contributed by atoms with Gasteiger partial charge in [-0.2, -0.15) is 17.5 Å². The Bertz CT molecular complexity index is 1490. The number of methoxy groups -OCH3 is 1. The quantitative estimate of drug-likeness (QED) is 0.172. The van der Waals surface area contributed by atoms with Crippen molar-refractivity contribution in [3.63, 3.8) is 0 Å². The van der Waals surface area contributed by atoms with Crippen molar-refractivity contribution in [2.24, 2.45) is 5.73 Å². The van der Waals surface area contributed by atoms with Gasteiger partial charge in [0.2, 0.25) is 16.0 Å². The number of hydrogen-bond acceptors (Lipinski definition) is 7. The van der Waals surface area contributed by atoms with Crippen LogP contribution in [-0.4, -0.2) is 65.6 Å². The maximum Gasteiger partial charge on any atom is 0.490 e. The third kappa shape index (κ3) is 7.92. The number of carboxylic acids is 2. The molecule has 0 aliphatic heterocycles. The van der Waals surface area contributed by atoms with E-state index in [0.717, 1.165) is 8.72 Å². The van der Waals surface area contributed by atoms with Crippen molar-refractivity contribution in [3.05, 3.63) is 60.4 Å². The smallest absolute Gasteiger partial charge is 0.490 e. The lowest BCUT2D eigenvalue weighted by atomic mass is 10.1. The molecule has 3 aromatic rings. The standard InChI is InChI=1S/C20H20ClN5O5S.C2HF3O2/c1-31-18-5-3-2-4-13(18)11-25(12-19(27)28)32(29,30)15-6-7-16-14(8-15)9-24-10-17(16)26(21)20(22)23;3-2(4,5)1(6)7/h2-10H,11-12H2,1H3,(H3,22,23)(H,27,28);(H,6,7). The van der Waals surface area contributed by atoms with Crippen LogP contribution in [-0.2, 0) is 26.2 Å². The first kappa shape index (κ1) is 31.1. The van der Waals surface area contributed by atoms with Crippen molar-refractivity contribution in [2.45, 2.75) is 17.6 Å². The highest BCUT2D eigenvalue weighted by atomic mass is 35.5. The molecule has 0 saturated heterocycles. The number of nitrogens with zero attached hydrogens (tertiary/aromatic N) is 3. The molecule has 0 bridgehead atoms. The summed E-state index contributed by atoms with van der Waals surface area (Å²) in [6.07, 6.45) is -2.26. The fraction of sp³-hybridized carbons (Fsp3) is 0.182. The van der Waals surface area contributed by atoms with E-state index < -0.39 is 40.6 Å². The average molecular weight is 592 g/mol. The summed E-state index contributed by atoms with van der Waals surface area (Å²) < 4.78 is 65.5. The second kappa shape index (κ2) is 12.6. The number of pyridine rings is 1. The van der Waals surface area contributed by atoms with Crippen molar-refractivity contribution >= 4 is 56.2 Å². The number of fused-ring (bicyclic) bond motifs is 1. The molecular weight excluding hydrogens is 571 g/mol. The molecule has 39 heavy (non-hydrogen) atoms. The van der Waals surface area contributed by atoms with Gasteiger partial charge in [-0.1, -0.05) is 24.3 Å². The lowest BCUT2D eigenvalue weighted by Gasteiger charge is -2.22. The topological polar surface area (TPSA) is 187 Å². The highest BCUT2D eigenvalue weighted by Crippen LogP contribution is 2.30. The maximum atomic E-state index is 13.4. The Morgan fingerprint density at radius 3 is 2.31 bits per heavy atom. The number of sulfonamides is 1. The Balaban J connectivity index is 0.000000673. The van der Waals surface area contributed by atoms with Crippen molar-refractivity contribution < 1.29 is 46.1 Å². The predicted molar refractivity (Wildman–Crippen MR) is 134 cm³/mol. The summed E-state index contributed by atoms with van der Waals surface area (Å²) >= 11 is 6.02. The average Bonchev–Trinajstić information content (AvgIpc) is 2.86. The molecule has 2 aromatic carbocycles. The number of nitrogens with one attached hydrogen (secondary N) is 1. The van der Waals surface area contributed by atoms with Crippen LogP contribution in [0.4, 0.5) is 18.9 Å². The molecule has 0 saturated carbocycles. The number of hydrogen-bond donors (Lipinski definition) is 4. The Morgan fingerprint density at radius 1 is 1.15 bits per heavy atom. The van der Waals surface area contributed by atoms with Gasteiger partial charge in [0.05, 0.1) is 23.9 Å². The summed E-state index contributed by atoms with van der Waals surface area (Å²) in [6, 6.07) is 11.0. The van der Waals surface area contributed by atoms with E-state index in [4.69, 9.17) is 37.6 Å². The molecule has 0 fully saturated rings. The number of aromatic nitrogens is 1. The minimum atomic E-state index is -5.08. The first-order valence-electron chi connectivity index (χ1n) is 10.4. The van der Waals surface area contributed by atoms with Crippen LogP contribution in [0.15, 0.2) is 59.8 Å². The number of aliphatic carboxylic acids is 2. The van der Waals surface area contributed by atoms with Crippen molar-refractivity contribution in [3.8, 4) is 5.75 Å². The van der Waals surface area contributed by atoms with Crippen molar-refractivity contribution in [1.29, 1.82) is 5.41 Å². The molecule has 0 atom stereocenters. The molecule has 210 valence electrons. The molecule has 0 aliphatic carbocycles. The number of ether oxygens (including phenoxy) is 1. The Labute approximate surface area is 224 Å². The largest absolute Gasteiger partial charge is 0.496 e. The van der Waals surface area contributed by atoms with Crippen LogP contribution in [0.3, 0.4) is 0 Å². The number of para-hydroxylation sites is 1. The molecule has 12 nitrogen and oxygen atoms in total. The molecule has 0 unspecified atom stereocenters. The Kier molecular flexibility index (Phi) is 10.0. The molecule has 1 heterocycles. The van der Waals surface area contributed by atoms with Crippen LogP contribution in [0.25, 0.3) is 10.8 Å². The summed E-state index contributed by atoms with van der Waals surface area (Å²) in [5, 5.41) is 24.9. The Morgan fingerprint density at radius 2 is 1.77 bits per heavy atom. The van der Waals surface area contributed by atoms with Gasteiger partial charge in [-0.05, 0) is 18.2 Å². The van der Waals surface area contributed by atoms with Crippen molar-refractivity contribution in [1.82, 2.24) is 9.29 Å². The van der Waals surface area contributed by atoms with E-state index in [9.17, 15) is 31.5 Å². The number of nitrogens with two attached hydrogens (primary N) is 1. The van der Waals surface area contributed by atoms with E-state index in [2.05, 4.69) is 4.98 Å². The number of carboxylic acid groups (broad SMARTS) is 2. The van der Waals surface area contributed by atoms with E-state index in [-0.39, 0.29) is 11.4 Å². The number of benzene rings is 2. The minimum absolute atomic E-state index is 0.121. The minimum Gasteiger partial charge on any atom is -0.496 e. The third-order valence-electron chi connectivity index (χ3n) is 4.86. The van der Waals surface area contributed by atoms with Crippen LogP contribution in [0.1, 0.15) is 5.56 Å². The number of anilines is 1. The van der Waals surface area contributed by atoms with Gasteiger partial charge in [-0.15, -0.1) is 0 Å². The second-order valence-electron chi connectivity index (χ2n) is 7.49. The predicted octanol–water partition coefficient (Wildman–Crippen LogP) is 3.01. The normalized spacial score (nSPS) is 11.4. The van der Waals surface area contributed by atoms with Crippen LogP contribution in [0.2, 0.25) is 0 Å². The van der Waals surface area contributed by atoms with Gasteiger partial charge in [0, 0.05) is 40.9 Å². The number of rotatable bonds is 8. The fourth-order valence-corrected chi connectivity index (χ4v) is 4.67. The van der Waals surface area contributed by atoms with E-state index in [0.29, 0.717) is 27.8 Å². The molecule has 3 rings (SSSR count). The lowest BCUT2D eigenvalue weighted by Crippen LogP contribution is -2.35. The third-order valence-corrected chi connectivity index (χ3v) is 7.02. The summed E-state index contributed by atoms with van der Waals surface area (Å²) in [6.45, 7) is -0.939. The summed E-state index contributed by atoms with van der Waals surface area (Å²) in [5.41, 5.74) is 6.24. The molecule has 17 heteroatoms. The molecular formula is C22H21ClF3N5O7S. The van der Waals surface area contributed by atoms with Gasteiger partial charge in [0.1, 0.15) is 12.3 Å². The van der Waals surface area contributed by atoms with Gasteiger partial charge in [-0.25, -0.2) is 17.6 Å². The highest BCUT2D eigenvalue weighted by molar-refractivity contribution is 7.89. The number of halogens is 4. The van der Waals surface area contributed by atoms with E-state index in [1.54, 1.807) is 24.3 Å². The van der Waals surface area contributed by atoms with Gasteiger partial charge >= 0.3 is 18.1 Å². The van der Waals surface area contributed by atoms with Crippen LogP contribution in [0.5, 0.6) is 5.75 Å². The Hall–Kier alpha value is -4.15. The summed E-state index contributed by atoms with van der Waals surface area (Å²) in [7, 11) is -2.76. The zero-order valence-electron chi connectivity index (χ0n) is 19.9. The fourth-order valence-electron chi connectivity index (χ4n) is 3.13. The molecule has 0 radical (unpaired) electrons. The van der Waals surface area contributed by atoms with Gasteiger partial charge in [0.15, 0.2) is 0 Å². The molecule has 0 aliphatic rings. The zero-order valence-corrected chi connectivity index (χ0v) is 21.5. The van der Waals surface area contributed by atoms with Gasteiger partial charge < -0.3 is 20.7 Å². The lowest BCUT2D eigenvalue weighted by molar-refractivity contribution is -0.192. The summed E-state index contributed by atoms with van der Waals surface area (Å²) in [4.78, 5) is 24.2. The monoisotopic (exact) mass is 591 g/mol. The van der Waals surface area contributed by atoms with E-state index >= 15 is 0 Å². The maximum absolute atomic E-state index is 13.4. The number of alkyl halides is 3. The summed E-state index contributed by atoms with van der Waals surface area (Å²) in [5.74, 6) is -4.04. The van der Waals surface area contributed by atoms with E-state index in [1.165, 1.54) is 37.7 Å². The molecule has 0 spiro atoms. The SMILES string of the molecule is COc1ccccc1CN(CC(=O)O)S(=O)(=O)c1ccc2c(N(Cl)C(=N)N)cncc2c1.O=C(O)C(F)(F)F. The number of carbonyl (C=O) groups is 2. The molecule has 5 N–H and O–H groups in total. The zero-order chi connectivity index (χ0) is 29.5. The van der Waals surface area contributed by atoms with Crippen molar-refractivity contribution in [2.75, 3.05) is 18.1 Å². The van der Waals surface area contributed by atoms with E-state index in [1.807, 2.05) is 0 Å². The first-order valence-corrected chi connectivity index (χ1v) is 12.2. The van der Waals surface area contributed by atoms with Crippen LogP contribution in [0, 0.1) is 5.41 Å². The molecule has 1 aromatic heterocycles. The number of guanidine groups is 1.